The first kappa shape index (κ1) is 16.9. The molecule has 0 aliphatic heterocycles. The fourth-order valence-electron chi connectivity index (χ4n) is 2.67. The maximum absolute atomic E-state index is 12.5. The van der Waals surface area contributed by atoms with Crippen LogP contribution in [0.25, 0.3) is 0 Å². The molecule has 0 aliphatic carbocycles. The average Bonchev–Trinajstić information content (AvgIpc) is 3.17. The van der Waals surface area contributed by atoms with Gasteiger partial charge in [-0.15, -0.1) is 0 Å². The minimum Gasteiger partial charge on any atom is -0.472 e. The smallest absolute Gasteiger partial charge is 0.258 e. The Hall–Kier alpha value is -2.93. The van der Waals surface area contributed by atoms with Crippen molar-refractivity contribution >= 4 is 11.9 Å². The third-order valence-corrected chi connectivity index (χ3v) is 3.77. The minimum absolute atomic E-state index is 0.199. The molecule has 0 atom stereocenters. The molecule has 0 saturated carbocycles. The van der Waals surface area contributed by atoms with Crippen molar-refractivity contribution in [2.75, 3.05) is 12.4 Å². The zero-order chi connectivity index (χ0) is 17.8. The molecule has 2 heterocycles. The summed E-state index contributed by atoms with van der Waals surface area (Å²) >= 11 is 0. The third-order valence-electron chi connectivity index (χ3n) is 3.77. The van der Waals surface area contributed by atoms with Gasteiger partial charge in [0.05, 0.1) is 12.5 Å². The van der Waals surface area contributed by atoms with E-state index in [2.05, 4.69) is 20.3 Å². The number of aryl methyl sites for hydroxylation is 2. The molecule has 0 fully saturated rings. The van der Waals surface area contributed by atoms with E-state index in [4.69, 9.17) is 4.42 Å². The van der Waals surface area contributed by atoms with Gasteiger partial charge in [-0.2, -0.15) is 10.1 Å². The van der Waals surface area contributed by atoms with Gasteiger partial charge in [-0.1, -0.05) is 12.1 Å². The van der Waals surface area contributed by atoms with E-state index in [-0.39, 0.29) is 5.91 Å². The first-order valence-electron chi connectivity index (χ1n) is 7.99. The summed E-state index contributed by atoms with van der Waals surface area (Å²) in [4.78, 5) is 18.8. The summed E-state index contributed by atoms with van der Waals surface area (Å²) in [6.45, 7) is 3.30. The Kier molecular flexibility index (Phi) is 4.95. The number of nitrogens with one attached hydrogen (secondary N) is 1. The largest absolute Gasteiger partial charge is 0.472 e. The SMILES string of the molecule is Cc1nc(NC(=O)c2cccc(CN(C)Cc3ccoc3)c2)n(C)n1. The number of rotatable bonds is 6. The van der Waals surface area contributed by atoms with E-state index in [0.29, 0.717) is 17.3 Å². The summed E-state index contributed by atoms with van der Waals surface area (Å²) in [5.74, 6) is 0.854. The van der Waals surface area contributed by atoms with Crippen LogP contribution in [0.15, 0.2) is 47.3 Å². The molecule has 7 nitrogen and oxygen atoms in total. The van der Waals surface area contributed by atoms with Crippen LogP contribution in [0.2, 0.25) is 0 Å². The van der Waals surface area contributed by atoms with Gasteiger partial charge in [0, 0.05) is 31.3 Å². The number of benzene rings is 1. The molecule has 0 bridgehead atoms. The summed E-state index contributed by atoms with van der Waals surface area (Å²) in [6.07, 6.45) is 3.41. The lowest BCUT2D eigenvalue weighted by Crippen LogP contribution is -2.18. The van der Waals surface area contributed by atoms with Crippen molar-refractivity contribution < 1.29 is 9.21 Å². The molecule has 7 heteroatoms. The Morgan fingerprint density at radius 3 is 2.76 bits per heavy atom. The van der Waals surface area contributed by atoms with E-state index in [9.17, 15) is 4.79 Å². The van der Waals surface area contributed by atoms with E-state index in [0.717, 1.165) is 24.2 Å². The second-order valence-corrected chi connectivity index (χ2v) is 6.06. The van der Waals surface area contributed by atoms with Gasteiger partial charge in [0.15, 0.2) is 0 Å². The van der Waals surface area contributed by atoms with Crippen molar-refractivity contribution in [1.82, 2.24) is 19.7 Å². The lowest BCUT2D eigenvalue weighted by molar-refractivity contribution is 0.102. The van der Waals surface area contributed by atoms with Gasteiger partial charge in [0.1, 0.15) is 5.82 Å². The van der Waals surface area contributed by atoms with Crippen molar-refractivity contribution in [3.63, 3.8) is 0 Å². The Morgan fingerprint density at radius 1 is 1.28 bits per heavy atom. The lowest BCUT2D eigenvalue weighted by atomic mass is 10.1. The molecule has 2 aromatic heterocycles. The number of furan rings is 1. The van der Waals surface area contributed by atoms with Gasteiger partial charge < -0.3 is 4.42 Å². The van der Waals surface area contributed by atoms with Crippen molar-refractivity contribution in [2.45, 2.75) is 20.0 Å². The highest BCUT2D eigenvalue weighted by atomic mass is 16.3. The molecule has 0 saturated heterocycles. The van der Waals surface area contributed by atoms with Crippen LogP contribution in [-0.2, 0) is 20.1 Å². The van der Waals surface area contributed by atoms with E-state index in [1.54, 1.807) is 37.2 Å². The molecule has 0 unspecified atom stereocenters. The standard InChI is InChI=1S/C18H21N5O2/c1-13-19-18(23(3)21-13)20-17(24)16-6-4-5-14(9-16)10-22(2)11-15-7-8-25-12-15/h4-9,12H,10-11H2,1-3H3,(H,19,20,21,24). The van der Waals surface area contributed by atoms with Gasteiger partial charge >= 0.3 is 0 Å². The van der Waals surface area contributed by atoms with Crippen molar-refractivity contribution in [3.05, 3.63) is 65.4 Å². The van der Waals surface area contributed by atoms with Gasteiger partial charge in [-0.25, -0.2) is 4.68 Å². The zero-order valence-corrected chi connectivity index (χ0v) is 14.6. The summed E-state index contributed by atoms with van der Waals surface area (Å²) in [6, 6.07) is 9.53. The summed E-state index contributed by atoms with van der Waals surface area (Å²) < 4.78 is 6.64. The highest BCUT2D eigenvalue weighted by Gasteiger charge is 2.12. The van der Waals surface area contributed by atoms with E-state index in [1.807, 2.05) is 31.3 Å². The van der Waals surface area contributed by atoms with Crippen LogP contribution < -0.4 is 5.32 Å². The van der Waals surface area contributed by atoms with E-state index in [1.165, 1.54) is 0 Å². The molecule has 25 heavy (non-hydrogen) atoms. The Labute approximate surface area is 146 Å². The molecule has 0 radical (unpaired) electrons. The first-order valence-corrected chi connectivity index (χ1v) is 7.99. The van der Waals surface area contributed by atoms with Crippen molar-refractivity contribution in [1.29, 1.82) is 0 Å². The Morgan fingerprint density at radius 2 is 2.08 bits per heavy atom. The predicted octanol–water partition coefficient (Wildman–Crippen LogP) is 2.60. The lowest BCUT2D eigenvalue weighted by Gasteiger charge is -2.16. The number of nitrogens with zero attached hydrogens (tertiary/aromatic N) is 4. The molecule has 3 rings (SSSR count). The third kappa shape index (κ3) is 4.33. The molecular weight excluding hydrogens is 318 g/mol. The Balaban J connectivity index is 1.66. The molecule has 1 aromatic carbocycles. The highest BCUT2D eigenvalue weighted by Crippen LogP contribution is 2.12. The summed E-state index contributed by atoms with van der Waals surface area (Å²) in [5.41, 5.74) is 2.77. The number of hydrogen-bond donors (Lipinski definition) is 1. The van der Waals surface area contributed by atoms with Crippen LogP contribution in [-0.4, -0.2) is 32.6 Å². The minimum atomic E-state index is -0.199. The molecule has 1 N–H and O–H groups in total. The fourth-order valence-corrected chi connectivity index (χ4v) is 2.67. The fraction of sp³-hybridized carbons (Fsp3) is 0.278. The number of hydrogen-bond acceptors (Lipinski definition) is 5. The maximum atomic E-state index is 12.5. The van der Waals surface area contributed by atoms with Crippen LogP contribution in [0.4, 0.5) is 5.95 Å². The molecule has 0 aliphatic rings. The number of aromatic nitrogens is 3. The van der Waals surface area contributed by atoms with Crippen LogP contribution in [0.5, 0.6) is 0 Å². The number of amides is 1. The van der Waals surface area contributed by atoms with E-state index >= 15 is 0 Å². The number of carbonyl (C=O) groups is 1. The number of anilines is 1. The molecule has 0 spiro atoms. The van der Waals surface area contributed by atoms with Gasteiger partial charge in [-0.05, 0) is 37.7 Å². The zero-order valence-electron chi connectivity index (χ0n) is 14.6. The van der Waals surface area contributed by atoms with Crippen molar-refractivity contribution in [2.24, 2.45) is 7.05 Å². The molecule has 3 aromatic rings. The quantitative estimate of drug-likeness (QED) is 0.747. The maximum Gasteiger partial charge on any atom is 0.258 e. The first-order chi connectivity index (χ1) is 12.0. The summed E-state index contributed by atoms with van der Waals surface area (Å²) in [5, 5.41) is 6.92. The van der Waals surface area contributed by atoms with Crippen LogP contribution in [0, 0.1) is 6.92 Å². The topological polar surface area (TPSA) is 76.2 Å². The molecule has 1 amide bonds. The monoisotopic (exact) mass is 339 g/mol. The molecular formula is C18H21N5O2. The van der Waals surface area contributed by atoms with E-state index < -0.39 is 0 Å². The van der Waals surface area contributed by atoms with Gasteiger partial charge in [0.2, 0.25) is 5.95 Å². The van der Waals surface area contributed by atoms with Crippen LogP contribution >= 0.6 is 0 Å². The number of carbonyl (C=O) groups excluding carboxylic acids is 1. The normalized spacial score (nSPS) is 11.0. The average molecular weight is 339 g/mol. The second kappa shape index (κ2) is 7.31. The van der Waals surface area contributed by atoms with Crippen molar-refractivity contribution in [3.8, 4) is 0 Å². The summed E-state index contributed by atoms with van der Waals surface area (Å²) in [7, 11) is 3.78. The van der Waals surface area contributed by atoms with Gasteiger partial charge in [-0.3, -0.25) is 15.0 Å². The van der Waals surface area contributed by atoms with Crippen LogP contribution in [0.1, 0.15) is 27.3 Å². The van der Waals surface area contributed by atoms with Gasteiger partial charge in [0.25, 0.3) is 5.91 Å². The molecule has 130 valence electrons. The highest BCUT2D eigenvalue weighted by molar-refractivity contribution is 6.03. The predicted molar refractivity (Wildman–Crippen MR) is 94.0 cm³/mol. The second-order valence-electron chi connectivity index (χ2n) is 6.06. The van der Waals surface area contributed by atoms with Crippen LogP contribution in [0.3, 0.4) is 0 Å². The Bertz CT molecular complexity index is 854.